The van der Waals surface area contributed by atoms with Crippen LogP contribution in [0.15, 0.2) is 6.07 Å². The van der Waals surface area contributed by atoms with Crippen LogP contribution >= 0.6 is 0 Å². The maximum absolute atomic E-state index is 12.6. The average Bonchev–Trinajstić information content (AvgIpc) is 3.04. The maximum atomic E-state index is 12.6. The van der Waals surface area contributed by atoms with E-state index in [1.165, 1.54) is 0 Å². The van der Waals surface area contributed by atoms with Gasteiger partial charge in [-0.25, -0.2) is 4.68 Å². The first kappa shape index (κ1) is 17.0. The number of nitrogens with one attached hydrogen (secondary N) is 1. The predicted octanol–water partition coefficient (Wildman–Crippen LogP) is 3.59. The Hall–Kier alpha value is -1.36. The number of hydrogen-bond donors (Lipinski definition) is 1. The second kappa shape index (κ2) is 6.82. The molecule has 5 heteroatoms. The van der Waals surface area contributed by atoms with Gasteiger partial charge < -0.3 is 10.1 Å². The molecule has 1 aliphatic rings. The van der Waals surface area contributed by atoms with Crippen molar-refractivity contribution >= 4 is 11.7 Å². The quantitative estimate of drug-likeness (QED) is 0.904. The normalized spacial score (nSPS) is 22.0. The van der Waals surface area contributed by atoms with E-state index >= 15 is 0 Å². The molecule has 1 saturated heterocycles. The van der Waals surface area contributed by atoms with Crippen molar-refractivity contribution in [3.05, 3.63) is 11.8 Å². The Kier molecular flexibility index (Phi) is 5.27. The van der Waals surface area contributed by atoms with E-state index in [0.717, 1.165) is 17.9 Å². The number of amides is 1. The lowest BCUT2D eigenvalue weighted by Crippen LogP contribution is -2.35. The van der Waals surface area contributed by atoms with E-state index in [4.69, 9.17) is 4.74 Å². The van der Waals surface area contributed by atoms with Crippen LogP contribution in [0.1, 0.15) is 65.6 Å². The first-order valence-corrected chi connectivity index (χ1v) is 8.33. The molecule has 0 aliphatic carbocycles. The number of aromatic nitrogens is 2. The van der Waals surface area contributed by atoms with Crippen LogP contribution in [0.2, 0.25) is 0 Å². The molecular formula is C17H29N3O2. The van der Waals surface area contributed by atoms with Crippen molar-refractivity contribution in [3.8, 4) is 0 Å². The molecule has 0 radical (unpaired) electrons. The molecule has 0 unspecified atom stereocenters. The Morgan fingerprint density at radius 1 is 1.32 bits per heavy atom. The largest absolute Gasteiger partial charge is 0.368 e. The zero-order valence-corrected chi connectivity index (χ0v) is 14.6. The third-order valence-corrected chi connectivity index (χ3v) is 4.34. The Balaban J connectivity index is 2.17. The van der Waals surface area contributed by atoms with Gasteiger partial charge in [-0.15, -0.1) is 0 Å². The fourth-order valence-corrected chi connectivity index (χ4v) is 2.94. The minimum absolute atomic E-state index is 0.0479. The number of nitrogens with zero attached hydrogens (tertiary/aromatic N) is 2. The fraction of sp³-hybridized carbons (Fsp3) is 0.765. The Morgan fingerprint density at radius 3 is 2.55 bits per heavy atom. The first-order valence-electron chi connectivity index (χ1n) is 8.33. The lowest BCUT2D eigenvalue weighted by molar-refractivity contribution is -0.127. The highest BCUT2D eigenvalue weighted by molar-refractivity contribution is 5.94. The monoisotopic (exact) mass is 307 g/mol. The zero-order valence-electron chi connectivity index (χ0n) is 14.6. The van der Waals surface area contributed by atoms with Gasteiger partial charge in [0.25, 0.3) is 5.91 Å². The van der Waals surface area contributed by atoms with E-state index in [1.54, 1.807) is 0 Å². The molecule has 5 nitrogen and oxygen atoms in total. The second-order valence-corrected chi connectivity index (χ2v) is 7.12. The third-order valence-electron chi connectivity index (χ3n) is 4.34. The zero-order chi connectivity index (χ0) is 16.4. The molecule has 1 fully saturated rings. The van der Waals surface area contributed by atoms with Gasteiger partial charge >= 0.3 is 0 Å². The number of rotatable bonds is 5. The summed E-state index contributed by atoms with van der Waals surface area (Å²) in [7, 11) is 0. The van der Waals surface area contributed by atoms with E-state index < -0.39 is 0 Å². The molecule has 1 aromatic heterocycles. The van der Waals surface area contributed by atoms with E-state index in [-0.39, 0.29) is 18.1 Å². The molecule has 22 heavy (non-hydrogen) atoms. The SMILES string of the molecule is CC(C)c1cc(NC(=O)[C@@H]2OCC[C@@H]2C(C)C)n(C(C)C)n1. The van der Waals surface area contributed by atoms with Crippen LogP contribution in [0.25, 0.3) is 0 Å². The van der Waals surface area contributed by atoms with Crippen molar-refractivity contribution in [2.24, 2.45) is 11.8 Å². The highest BCUT2D eigenvalue weighted by atomic mass is 16.5. The van der Waals surface area contributed by atoms with Crippen molar-refractivity contribution in [2.75, 3.05) is 11.9 Å². The summed E-state index contributed by atoms with van der Waals surface area (Å²) >= 11 is 0. The Morgan fingerprint density at radius 2 is 2.00 bits per heavy atom. The standard InChI is InChI=1S/C17H29N3O2/c1-10(2)13-7-8-22-16(13)17(21)18-15-9-14(11(3)4)19-20(15)12(5)6/h9-13,16H,7-8H2,1-6H3,(H,18,21)/t13-,16-/m1/s1. The maximum Gasteiger partial charge on any atom is 0.254 e. The van der Waals surface area contributed by atoms with E-state index in [2.05, 4.69) is 52.0 Å². The summed E-state index contributed by atoms with van der Waals surface area (Å²) in [4.78, 5) is 12.6. The molecule has 0 spiro atoms. The predicted molar refractivity (Wildman–Crippen MR) is 88.0 cm³/mol. The smallest absolute Gasteiger partial charge is 0.254 e. The van der Waals surface area contributed by atoms with Crippen LogP contribution in [0.3, 0.4) is 0 Å². The Bertz CT molecular complexity index is 520. The molecular weight excluding hydrogens is 278 g/mol. The first-order chi connectivity index (χ1) is 10.3. The van der Waals surface area contributed by atoms with Crippen molar-refractivity contribution in [1.29, 1.82) is 0 Å². The summed E-state index contributed by atoms with van der Waals surface area (Å²) in [5, 5.41) is 7.63. The number of anilines is 1. The summed E-state index contributed by atoms with van der Waals surface area (Å²) in [5.74, 6) is 1.79. The van der Waals surface area contributed by atoms with Crippen LogP contribution in [0.4, 0.5) is 5.82 Å². The summed E-state index contributed by atoms with van der Waals surface area (Å²) in [6.45, 7) is 13.3. The fourth-order valence-electron chi connectivity index (χ4n) is 2.94. The van der Waals surface area contributed by atoms with Gasteiger partial charge in [-0.2, -0.15) is 5.10 Å². The average molecular weight is 307 g/mol. The van der Waals surface area contributed by atoms with Gasteiger partial charge in [-0.3, -0.25) is 4.79 Å². The molecule has 1 amide bonds. The molecule has 2 rings (SSSR count). The van der Waals surface area contributed by atoms with Gasteiger partial charge in [0, 0.05) is 18.7 Å². The van der Waals surface area contributed by atoms with E-state index in [9.17, 15) is 4.79 Å². The number of carbonyl (C=O) groups is 1. The molecule has 2 atom stereocenters. The molecule has 1 aromatic rings. The lowest BCUT2D eigenvalue weighted by Gasteiger charge is -2.21. The number of carbonyl (C=O) groups excluding carboxylic acids is 1. The molecule has 0 aromatic carbocycles. The molecule has 0 saturated carbocycles. The van der Waals surface area contributed by atoms with Crippen molar-refractivity contribution in [1.82, 2.24) is 9.78 Å². The van der Waals surface area contributed by atoms with Crippen molar-refractivity contribution in [2.45, 2.75) is 66.0 Å². The van der Waals surface area contributed by atoms with Gasteiger partial charge in [-0.1, -0.05) is 27.7 Å². The molecule has 1 aliphatic heterocycles. The van der Waals surface area contributed by atoms with Gasteiger partial charge in [0.05, 0.1) is 5.69 Å². The van der Waals surface area contributed by atoms with Gasteiger partial charge in [0.1, 0.15) is 11.9 Å². The third kappa shape index (κ3) is 3.51. The minimum atomic E-state index is -0.349. The molecule has 0 bridgehead atoms. The Labute approximate surface area is 133 Å². The number of hydrogen-bond acceptors (Lipinski definition) is 3. The van der Waals surface area contributed by atoms with Crippen molar-refractivity contribution in [3.63, 3.8) is 0 Å². The highest BCUT2D eigenvalue weighted by Gasteiger charge is 2.36. The molecule has 124 valence electrons. The van der Waals surface area contributed by atoms with Gasteiger partial charge in [0.15, 0.2) is 0 Å². The van der Waals surface area contributed by atoms with Crippen LogP contribution in [0.5, 0.6) is 0 Å². The second-order valence-electron chi connectivity index (χ2n) is 7.12. The highest BCUT2D eigenvalue weighted by Crippen LogP contribution is 2.29. The summed E-state index contributed by atoms with van der Waals surface area (Å²) < 4.78 is 7.56. The lowest BCUT2D eigenvalue weighted by atomic mass is 9.89. The van der Waals surface area contributed by atoms with Gasteiger partial charge in [0.2, 0.25) is 0 Å². The van der Waals surface area contributed by atoms with Crippen molar-refractivity contribution < 1.29 is 9.53 Å². The van der Waals surface area contributed by atoms with E-state index in [1.807, 2.05) is 10.7 Å². The topological polar surface area (TPSA) is 56.1 Å². The summed E-state index contributed by atoms with van der Waals surface area (Å²) in [6, 6.07) is 2.18. The van der Waals surface area contributed by atoms with E-state index in [0.29, 0.717) is 24.4 Å². The van der Waals surface area contributed by atoms with Crippen LogP contribution in [-0.4, -0.2) is 28.4 Å². The summed E-state index contributed by atoms with van der Waals surface area (Å²) in [5.41, 5.74) is 0.997. The van der Waals surface area contributed by atoms with Gasteiger partial charge in [-0.05, 0) is 38.0 Å². The van der Waals surface area contributed by atoms with Crippen LogP contribution in [-0.2, 0) is 9.53 Å². The minimum Gasteiger partial charge on any atom is -0.368 e. The van der Waals surface area contributed by atoms with Crippen LogP contribution in [0, 0.1) is 11.8 Å². The summed E-state index contributed by atoms with van der Waals surface area (Å²) in [6.07, 6.45) is 0.606. The van der Waals surface area contributed by atoms with Crippen LogP contribution < -0.4 is 5.32 Å². The molecule has 1 N–H and O–H groups in total. The number of ether oxygens (including phenoxy) is 1. The molecule has 2 heterocycles.